The van der Waals surface area contributed by atoms with Crippen molar-refractivity contribution in [3.8, 4) is 0 Å². The fourth-order valence-electron chi connectivity index (χ4n) is 3.15. The third-order valence-electron chi connectivity index (χ3n) is 4.86. The number of anilines is 1. The summed E-state index contributed by atoms with van der Waals surface area (Å²) in [5, 5.41) is 12.8. The molecule has 1 N–H and O–H groups in total. The Kier molecular flexibility index (Phi) is 5.95. The molecule has 3 aromatic rings. The molecular formula is C20H23BrClN5O. The van der Waals surface area contributed by atoms with Gasteiger partial charge in [-0.2, -0.15) is 10.2 Å². The molecular weight excluding hydrogens is 442 g/mol. The van der Waals surface area contributed by atoms with Crippen molar-refractivity contribution in [2.75, 3.05) is 5.32 Å². The van der Waals surface area contributed by atoms with E-state index in [4.69, 9.17) is 11.6 Å². The summed E-state index contributed by atoms with van der Waals surface area (Å²) in [5.74, 6) is -0.129. The minimum atomic E-state index is -0.441. The third kappa shape index (κ3) is 4.00. The Labute approximate surface area is 178 Å². The Hall–Kier alpha value is -2.12. The van der Waals surface area contributed by atoms with Crippen molar-refractivity contribution < 1.29 is 4.79 Å². The first-order valence-corrected chi connectivity index (χ1v) is 10.2. The van der Waals surface area contributed by atoms with E-state index in [9.17, 15) is 4.79 Å². The lowest BCUT2D eigenvalue weighted by molar-refractivity contribution is -0.119. The molecule has 0 spiro atoms. The van der Waals surface area contributed by atoms with E-state index in [1.54, 1.807) is 4.68 Å². The van der Waals surface area contributed by atoms with Gasteiger partial charge in [0.15, 0.2) is 0 Å². The average Bonchev–Trinajstić information content (AvgIpc) is 3.07. The van der Waals surface area contributed by atoms with Crippen LogP contribution in [0.1, 0.15) is 41.3 Å². The van der Waals surface area contributed by atoms with Gasteiger partial charge in [-0.05, 0) is 68.2 Å². The summed E-state index contributed by atoms with van der Waals surface area (Å²) in [4.78, 5) is 12.9. The molecule has 0 aliphatic heterocycles. The fourth-order valence-corrected chi connectivity index (χ4v) is 3.54. The van der Waals surface area contributed by atoms with Crippen LogP contribution < -0.4 is 5.32 Å². The van der Waals surface area contributed by atoms with Crippen molar-refractivity contribution in [3.05, 3.63) is 62.1 Å². The van der Waals surface area contributed by atoms with E-state index >= 15 is 0 Å². The predicted octanol–water partition coefficient (Wildman–Crippen LogP) is 4.98. The fraction of sp³-hybridized carbons (Fsp3) is 0.350. The summed E-state index contributed by atoms with van der Waals surface area (Å²) in [6, 6.07) is 7.22. The van der Waals surface area contributed by atoms with Gasteiger partial charge in [-0.3, -0.25) is 14.2 Å². The summed E-state index contributed by atoms with van der Waals surface area (Å²) < 4.78 is 4.55. The van der Waals surface area contributed by atoms with Crippen LogP contribution in [0.4, 0.5) is 5.69 Å². The number of benzene rings is 1. The van der Waals surface area contributed by atoms with Gasteiger partial charge < -0.3 is 5.32 Å². The van der Waals surface area contributed by atoms with E-state index in [2.05, 4.69) is 31.4 Å². The summed E-state index contributed by atoms with van der Waals surface area (Å²) >= 11 is 9.47. The van der Waals surface area contributed by atoms with Gasteiger partial charge in [-0.1, -0.05) is 23.7 Å². The molecule has 1 unspecified atom stereocenters. The van der Waals surface area contributed by atoms with E-state index in [-0.39, 0.29) is 5.91 Å². The predicted molar refractivity (Wildman–Crippen MR) is 115 cm³/mol. The number of aromatic nitrogens is 4. The molecule has 1 aromatic carbocycles. The maximum Gasteiger partial charge on any atom is 0.249 e. The van der Waals surface area contributed by atoms with Crippen LogP contribution in [0.15, 0.2) is 28.7 Å². The Morgan fingerprint density at radius 2 is 1.75 bits per heavy atom. The number of nitrogens with one attached hydrogen (secondary N) is 1. The maximum atomic E-state index is 12.9. The van der Waals surface area contributed by atoms with Crippen molar-refractivity contribution >= 4 is 39.1 Å². The first-order chi connectivity index (χ1) is 13.2. The Morgan fingerprint density at radius 3 is 2.32 bits per heavy atom. The van der Waals surface area contributed by atoms with Crippen LogP contribution in [0.3, 0.4) is 0 Å². The number of carbonyl (C=O) groups excluding carboxylic acids is 1. The van der Waals surface area contributed by atoms with Crippen LogP contribution in [0, 0.1) is 27.7 Å². The van der Waals surface area contributed by atoms with Gasteiger partial charge in [0.1, 0.15) is 6.04 Å². The molecule has 0 saturated heterocycles. The summed E-state index contributed by atoms with van der Waals surface area (Å²) in [6.07, 6.45) is 0. The standard InChI is InChI=1S/C20H23BrClN5O/c1-11-18(21)13(3)27(25-11)15(5)20(28)23-19-12(2)24-26(14(19)4)10-16-6-8-17(22)9-7-16/h6-9,15H,10H2,1-5H3,(H,23,28). The van der Waals surface area contributed by atoms with Gasteiger partial charge in [0, 0.05) is 5.02 Å². The molecule has 0 aliphatic carbocycles. The van der Waals surface area contributed by atoms with Crippen molar-refractivity contribution in [1.29, 1.82) is 0 Å². The molecule has 148 valence electrons. The monoisotopic (exact) mass is 463 g/mol. The highest BCUT2D eigenvalue weighted by molar-refractivity contribution is 9.10. The lowest BCUT2D eigenvalue weighted by Gasteiger charge is -2.15. The van der Waals surface area contributed by atoms with E-state index in [0.717, 1.165) is 38.5 Å². The average molecular weight is 465 g/mol. The highest BCUT2D eigenvalue weighted by atomic mass is 79.9. The van der Waals surface area contributed by atoms with Crippen molar-refractivity contribution in [3.63, 3.8) is 0 Å². The second-order valence-corrected chi connectivity index (χ2v) is 8.15. The van der Waals surface area contributed by atoms with Crippen LogP contribution in [-0.4, -0.2) is 25.5 Å². The van der Waals surface area contributed by atoms with Crippen LogP contribution in [-0.2, 0) is 11.3 Å². The first-order valence-electron chi connectivity index (χ1n) is 8.99. The maximum absolute atomic E-state index is 12.9. The number of aryl methyl sites for hydroxylation is 2. The van der Waals surface area contributed by atoms with Gasteiger partial charge in [0.05, 0.1) is 39.5 Å². The largest absolute Gasteiger partial charge is 0.321 e. The molecule has 2 heterocycles. The molecule has 1 amide bonds. The topological polar surface area (TPSA) is 64.7 Å². The molecule has 0 saturated carbocycles. The van der Waals surface area contributed by atoms with Crippen LogP contribution in [0.2, 0.25) is 5.02 Å². The van der Waals surface area contributed by atoms with Gasteiger partial charge in [-0.15, -0.1) is 0 Å². The van der Waals surface area contributed by atoms with Gasteiger partial charge in [0.2, 0.25) is 5.91 Å². The Bertz CT molecular complexity index is 1020. The number of halogens is 2. The zero-order valence-corrected chi connectivity index (χ0v) is 18.9. The number of hydrogen-bond acceptors (Lipinski definition) is 3. The lowest BCUT2D eigenvalue weighted by atomic mass is 10.2. The molecule has 28 heavy (non-hydrogen) atoms. The van der Waals surface area contributed by atoms with Gasteiger partial charge in [0.25, 0.3) is 0 Å². The van der Waals surface area contributed by atoms with Crippen LogP contribution in [0.25, 0.3) is 0 Å². The molecule has 1 atom stereocenters. The van der Waals surface area contributed by atoms with Crippen LogP contribution >= 0.6 is 27.5 Å². The second kappa shape index (κ2) is 8.09. The van der Waals surface area contributed by atoms with Crippen molar-refractivity contribution in [2.45, 2.75) is 47.2 Å². The highest BCUT2D eigenvalue weighted by Gasteiger charge is 2.23. The number of amides is 1. The minimum absolute atomic E-state index is 0.129. The molecule has 6 nitrogen and oxygen atoms in total. The number of carbonyl (C=O) groups is 1. The number of rotatable bonds is 5. The van der Waals surface area contributed by atoms with Gasteiger partial charge >= 0.3 is 0 Å². The Balaban J connectivity index is 1.80. The zero-order valence-electron chi connectivity index (χ0n) is 16.5. The molecule has 0 bridgehead atoms. The number of hydrogen-bond donors (Lipinski definition) is 1. The van der Waals surface area contributed by atoms with E-state index in [0.29, 0.717) is 11.6 Å². The summed E-state index contributed by atoms with van der Waals surface area (Å²) in [6.45, 7) is 10.1. The van der Waals surface area contributed by atoms with E-state index in [1.165, 1.54) is 0 Å². The van der Waals surface area contributed by atoms with E-state index in [1.807, 2.05) is 63.6 Å². The molecule has 0 fully saturated rings. The SMILES string of the molecule is Cc1nn(C(C)C(=O)Nc2c(C)nn(Cc3ccc(Cl)cc3)c2C)c(C)c1Br. The summed E-state index contributed by atoms with van der Waals surface area (Å²) in [5.41, 5.74) is 5.30. The molecule has 0 aliphatic rings. The van der Waals surface area contributed by atoms with Crippen molar-refractivity contribution in [1.82, 2.24) is 19.6 Å². The molecule has 3 rings (SSSR count). The Morgan fingerprint density at radius 1 is 1.11 bits per heavy atom. The normalized spacial score (nSPS) is 12.2. The summed E-state index contributed by atoms with van der Waals surface area (Å²) in [7, 11) is 0. The third-order valence-corrected chi connectivity index (χ3v) is 6.26. The highest BCUT2D eigenvalue weighted by Crippen LogP contribution is 2.25. The lowest BCUT2D eigenvalue weighted by Crippen LogP contribution is -2.25. The van der Waals surface area contributed by atoms with Crippen LogP contribution in [0.5, 0.6) is 0 Å². The zero-order chi connectivity index (χ0) is 20.6. The minimum Gasteiger partial charge on any atom is -0.321 e. The van der Waals surface area contributed by atoms with E-state index < -0.39 is 6.04 Å². The smallest absolute Gasteiger partial charge is 0.249 e. The van der Waals surface area contributed by atoms with Crippen molar-refractivity contribution in [2.24, 2.45) is 0 Å². The molecule has 2 aromatic heterocycles. The quantitative estimate of drug-likeness (QED) is 0.579. The first kappa shape index (κ1) is 20.6. The second-order valence-electron chi connectivity index (χ2n) is 6.92. The molecule has 8 heteroatoms. The molecule has 0 radical (unpaired) electrons. The van der Waals surface area contributed by atoms with Gasteiger partial charge in [-0.25, -0.2) is 0 Å². The number of nitrogens with zero attached hydrogens (tertiary/aromatic N) is 4.